The van der Waals surface area contributed by atoms with Gasteiger partial charge in [0.05, 0.1) is 32.9 Å². The fourth-order valence-electron chi connectivity index (χ4n) is 4.22. The van der Waals surface area contributed by atoms with E-state index in [2.05, 4.69) is 0 Å². The molecule has 8 nitrogen and oxygen atoms in total. The van der Waals surface area contributed by atoms with E-state index in [9.17, 15) is 14.7 Å². The summed E-state index contributed by atoms with van der Waals surface area (Å²) in [6, 6.07) is 9.62. The number of likely N-dealkylation sites (tertiary alicyclic amines) is 1. The summed E-state index contributed by atoms with van der Waals surface area (Å²) in [7, 11) is 8.53. The SMILES string of the molecule is COc1ccc(/C(O)=C2\C(=O)C(=O)N(CCCN(C)C)[C@H]2c2ccc(OC)c(OC)c2)cc1C. The van der Waals surface area contributed by atoms with Crippen LogP contribution in [-0.2, 0) is 9.59 Å². The number of aryl methyl sites for hydroxylation is 1. The van der Waals surface area contributed by atoms with Crippen LogP contribution in [0.1, 0.15) is 29.2 Å². The van der Waals surface area contributed by atoms with Gasteiger partial charge in [-0.15, -0.1) is 0 Å². The molecule has 1 fully saturated rings. The van der Waals surface area contributed by atoms with E-state index in [4.69, 9.17) is 14.2 Å². The molecule has 1 saturated heterocycles. The lowest BCUT2D eigenvalue weighted by Crippen LogP contribution is -2.32. The van der Waals surface area contributed by atoms with Crippen molar-refractivity contribution in [2.45, 2.75) is 19.4 Å². The molecule has 0 saturated carbocycles. The Morgan fingerprint density at radius 1 is 0.971 bits per heavy atom. The van der Waals surface area contributed by atoms with Gasteiger partial charge in [0.2, 0.25) is 0 Å². The Morgan fingerprint density at radius 2 is 1.62 bits per heavy atom. The van der Waals surface area contributed by atoms with E-state index >= 15 is 0 Å². The van der Waals surface area contributed by atoms with Gasteiger partial charge in [0.25, 0.3) is 11.7 Å². The molecule has 0 bridgehead atoms. The fraction of sp³-hybridized carbons (Fsp3) is 0.385. The molecule has 0 aromatic heterocycles. The second-order valence-electron chi connectivity index (χ2n) is 8.45. The average molecular weight is 469 g/mol. The van der Waals surface area contributed by atoms with Crippen LogP contribution in [0.25, 0.3) is 5.76 Å². The van der Waals surface area contributed by atoms with Gasteiger partial charge in [-0.05, 0) is 75.4 Å². The highest BCUT2D eigenvalue weighted by Crippen LogP contribution is 2.42. The molecule has 34 heavy (non-hydrogen) atoms. The van der Waals surface area contributed by atoms with E-state index in [0.29, 0.717) is 41.3 Å². The molecule has 0 aliphatic carbocycles. The molecule has 2 aromatic rings. The van der Waals surface area contributed by atoms with Crippen molar-refractivity contribution in [1.82, 2.24) is 9.80 Å². The number of amides is 1. The molecule has 1 aliphatic rings. The van der Waals surface area contributed by atoms with Crippen molar-refractivity contribution in [2.24, 2.45) is 0 Å². The first kappa shape index (κ1) is 25.1. The standard InChI is InChI=1S/C26H32N2O6/c1-16-14-18(9-10-19(16)32-4)24(29)22-23(17-8-11-20(33-5)21(15-17)34-6)28(26(31)25(22)30)13-7-12-27(2)3/h8-11,14-15,23,29H,7,12-13H2,1-6H3/b24-22+/t23-/m0/s1. The molecule has 182 valence electrons. The van der Waals surface area contributed by atoms with Crippen LogP contribution in [0.2, 0.25) is 0 Å². The van der Waals surface area contributed by atoms with Crippen molar-refractivity contribution in [1.29, 1.82) is 0 Å². The molecule has 1 heterocycles. The van der Waals surface area contributed by atoms with E-state index in [-0.39, 0.29) is 11.3 Å². The number of ether oxygens (including phenoxy) is 3. The number of nitrogens with zero attached hydrogens (tertiary/aromatic N) is 2. The minimum Gasteiger partial charge on any atom is -0.507 e. The number of aliphatic hydroxyl groups excluding tert-OH is 1. The summed E-state index contributed by atoms with van der Waals surface area (Å²) >= 11 is 0. The minimum absolute atomic E-state index is 0.0478. The van der Waals surface area contributed by atoms with E-state index in [1.807, 2.05) is 25.9 Å². The van der Waals surface area contributed by atoms with Gasteiger partial charge < -0.3 is 29.1 Å². The third-order valence-corrected chi connectivity index (χ3v) is 5.94. The van der Waals surface area contributed by atoms with Gasteiger partial charge in [-0.1, -0.05) is 6.07 Å². The van der Waals surface area contributed by atoms with E-state index in [1.54, 1.807) is 43.5 Å². The highest BCUT2D eigenvalue weighted by atomic mass is 16.5. The fourth-order valence-corrected chi connectivity index (χ4v) is 4.22. The molecule has 2 aromatic carbocycles. The van der Waals surface area contributed by atoms with Crippen LogP contribution in [-0.4, -0.2) is 75.1 Å². The zero-order chi connectivity index (χ0) is 25.0. The lowest BCUT2D eigenvalue weighted by molar-refractivity contribution is -0.139. The van der Waals surface area contributed by atoms with Gasteiger partial charge in [-0.25, -0.2) is 0 Å². The third kappa shape index (κ3) is 4.87. The molecule has 1 N–H and O–H groups in total. The number of Topliss-reactive ketones (excluding diaryl/α,β-unsaturated/α-hetero) is 1. The second-order valence-corrected chi connectivity index (χ2v) is 8.45. The second kappa shape index (κ2) is 10.6. The molecule has 0 unspecified atom stereocenters. The maximum Gasteiger partial charge on any atom is 0.295 e. The summed E-state index contributed by atoms with van der Waals surface area (Å²) < 4.78 is 16.1. The Bertz CT molecular complexity index is 1110. The molecule has 3 rings (SSSR count). The topological polar surface area (TPSA) is 88.5 Å². The van der Waals surface area contributed by atoms with Crippen LogP contribution in [0.3, 0.4) is 0 Å². The first-order valence-electron chi connectivity index (χ1n) is 11.0. The Balaban J connectivity index is 2.16. The first-order chi connectivity index (χ1) is 16.2. The van der Waals surface area contributed by atoms with Crippen LogP contribution in [0, 0.1) is 6.92 Å². The summed E-state index contributed by atoms with van der Waals surface area (Å²) in [6.07, 6.45) is 0.672. The Kier molecular flexibility index (Phi) is 7.83. The Labute approximate surface area is 200 Å². The molecule has 1 atom stereocenters. The van der Waals surface area contributed by atoms with Crippen molar-refractivity contribution >= 4 is 17.4 Å². The van der Waals surface area contributed by atoms with Gasteiger partial charge in [0.1, 0.15) is 11.5 Å². The lowest BCUT2D eigenvalue weighted by atomic mass is 9.94. The lowest BCUT2D eigenvalue weighted by Gasteiger charge is -2.26. The summed E-state index contributed by atoms with van der Waals surface area (Å²) in [4.78, 5) is 29.8. The Hall–Kier alpha value is -3.52. The zero-order valence-corrected chi connectivity index (χ0v) is 20.5. The van der Waals surface area contributed by atoms with E-state index < -0.39 is 17.7 Å². The zero-order valence-electron chi connectivity index (χ0n) is 20.5. The summed E-state index contributed by atoms with van der Waals surface area (Å²) in [5, 5.41) is 11.3. The molecular formula is C26H32N2O6. The number of benzene rings is 2. The highest BCUT2D eigenvalue weighted by molar-refractivity contribution is 6.46. The molecule has 0 spiro atoms. The maximum absolute atomic E-state index is 13.2. The predicted molar refractivity (Wildman–Crippen MR) is 129 cm³/mol. The monoisotopic (exact) mass is 468 g/mol. The number of carbonyl (C=O) groups excluding carboxylic acids is 2. The number of methoxy groups -OCH3 is 3. The molecular weight excluding hydrogens is 436 g/mol. The highest BCUT2D eigenvalue weighted by Gasteiger charge is 2.46. The number of carbonyl (C=O) groups is 2. The number of hydrogen-bond donors (Lipinski definition) is 1. The minimum atomic E-state index is -0.760. The van der Waals surface area contributed by atoms with Crippen LogP contribution in [0.5, 0.6) is 17.2 Å². The summed E-state index contributed by atoms with van der Waals surface area (Å²) in [5.74, 6) is 0.0952. The van der Waals surface area contributed by atoms with Gasteiger partial charge in [0.15, 0.2) is 11.5 Å². The first-order valence-corrected chi connectivity index (χ1v) is 11.0. The molecule has 8 heteroatoms. The van der Waals surface area contributed by atoms with E-state index in [0.717, 1.165) is 12.1 Å². The van der Waals surface area contributed by atoms with Crippen LogP contribution in [0.15, 0.2) is 42.0 Å². The summed E-state index contributed by atoms with van der Waals surface area (Å²) in [6.45, 7) is 2.96. The van der Waals surface area contributed by atoms with Crippen molar-refractivity contribution in [3.8, 4) is 17.2 Å². The van der Waals surface area contributed by atoms with Gasteiger partial charge in [0, 0.05) is 12.1 Å². The summed E-state index contributed by atoms with van der Waals surface area (Å²) in [5.41, 5.74) is 1.93. The maximum atomic E-state index is 13.2. The van der Waals surface area contributed by atoms with Gasteiger partial charge >= 0.3 is 0 Å². The number of rotatable bonds is 9. The number of hydrogen-bond acceptors (Lipinski definition) is 7. The van der Waals surface area contributed by atoms with Gasteiger partial charge in [-0.2, -0.15) is 0 Å². The smallest absolute Gasteiger partial charge is 0.295 e. The normalized spacial score (nSPS) is 17.4. The van der Waals surface area contributed by atoms with Crippen LogP contribution in [0.4, 0.5) is 0 Å². The Morgan fingerprint density at radius 3 is 2.21 bits per heavy atom. The quantitative estimate of drug-likeness (QED) is 0.343. The van der Waals surface area contributed by atoms with Crippen LogP contribution >= 0.6 is 0 Å². The molecule has 1 aliphatic heterocycles. The van der Waals surface area contributed by atoms with Crippen molar-refractivity contribution in [3.63, 3.8) is 0 Å². The largest absolute Gasteiger partial charge is 0.507 e. The van der Waals surface area contributed by atoms with Crippen molar-refractivity contribution < 1.29 is 28.9 Å². The number of ketones is 1. The average Bonchev–Trinajstić information content (AvgIpc) is 3.07. The van der Waals surface area contributed by atoms with Crippen molar-refractivity contribution in [3.05, 3.63) is 58.7 Å². The van der Waals surface area contributed by atoms with E-state index in [1.165, 1.54) is 19.1 Å². The predicted octanol–water partition coefficient (Wildman–Crippen LogP) is 3.39. The third-order valence-electron chi connectivity index (χ3n) is 5.94. The van der Waals surface area contributed by atoms with Gasteiger partial charge in [-0.3, -0.25) is 9.59 Å². The van der Waals surface area contributed by atoms with Crippen molar-refractivity contribution in [2.75, 3.05) is 48.5 Å². The van der Waals surface area contributed by atoms with Crippen LogP contribution < -0.4 is 14.2 Å². The molecule has 1 amide bonds. The number of aliphatic hydroxyl groups is 1. The molecule has 0 radical (unpaired) electrons.